The Morgan fingerprint density at radius 1 is 1.56 bits per heavy atom. The maximum Gasteiger partial charge on any atom is 0.359 e. The molecule has 16 heavy (non-hydrogen) atoms. The predicted molar refractivity (Wildman–Crippen MR) is 59.9 cm³/mol. The van der Waals surface area contributed by atoms with E-state index in [1.165, 1.54) is 7.11 Å². The summed E-state index contributed by atoms with van der Waals surface area (Å²) >= 11 is 0. The van der Waals surface area contributed by atoms with Crippen molar-refractivity contribution < 1.29 is 9.53 Å². The molecule has 5 nitrogen and oxygen atoms in total. The molecule has 0 amide bonds. The van der Waals surface area contributed by atoms with Crippen molar-refractivity contribution in [1.82, 2.24) is 15.2 Å². The van der Waals surface area contributed by atoms with Crippen molar-refractivity contribution in [3.05, 3.63) is 30.1 Å². The number of rotatable bonds is 2. The standard InChI is InChI=1S/C11H11N3O2/c1-6(2)7-4-8-9(11(15)16-3)13-14-10(8)12-5-7/h4-5H,1H2,2-3H3,(H,12,13,14). The van der Waals surface area contributed by atoms with Gasteiger partial charge in [-0.15, -0.1) is 0 Å². The molecule has 82 valence electrons. The molecule has 2 aromatic heterocycles. The van der Waals surface area contributed by atoms with Gasteiger partial charge in [-0.05, 0) is 24.1 Å². The molecule has 0 fully saturated rings. The zero-order valence-electron chi connectivity index (χ0n) is 9.07. The number of H-pyrrole nitrogens is 1. The highest BCUT2D eigenvalue weighted by molar-refractivity contribution is 6.01. The molecule has 0 atom stereocenters. The van der Waals surface area contributed by atoms with Crippen LogP contribution in [-0.2, 0) is 4.74 Å². The number of fused-ring (bicyclic) bond motifs is 1. The molecule has 0 aliphatic rings. The number of methoxy groups -OCH3 is 1. The molecule has 0 radical (unpaired) electrons. The lowest BCUT2D eigenvalue weighted by Crippen LogP contribution is -2.02. The molecule has 2 aromatic rings. The van der Waals surface area contributed by atoms with Crippen LogP contribution in [0.4, 0.5) is 0 Å². The SMILES string of the molecule is C=C(C)c1cnc2[nH]nc(C(=O)OC)c2c1. The molecular weight excluding hydrogens is 206 g/mol. The molecule has 0 saturated carbocycles. The minimum absolute atomic E-state index is 0.244. The summed E-state index contributed by atoms with van der Waals surface area (Å²) in [5, 5.41) is 7.20. The fourth-order valence-electron chi connectivity index (χ4n) is 1.39. The largest absolute Gasteiger partial charge is 0.464 e. The first-order valence-corrected chi connectivity index (χ1v) is 4.72. The monoisotopic (exact) mass is 217 g/mol. The van der Waals surface area contributed by atoms with Gasteiger partial charge in [-0.1, -0.05) is 6.58 Å². The summed E-state index contributed by atoms with van der Waals surface area (Å²) in [6, 6.07) is 1.82. The molecule has 2 heterocycles. The Labute approximate surface area is 92.1 Å². The minimum Gasteiger partial charge on any atom is -0.464 e. The highest BCUT2D eigenvalue weighted by atomic mass is 16.5. The number of carbonyl (C=O) groups excluding carboxylic acids is 1. The van der Waals surface area contributed by atoms with E-state index < -0.39 is 5.97 Å². The van der Waals surface area contributed by atoms with Crippen molar-refractivity contribution in [2.75, 3.05) is 7.11 Å². The van der Waals surface area contributed by atoms with Crippen LogP contribution in [0.25, 0.3) is 16.6 Å². The Bertz CT molecular complexity index is 572. The number of pyridine rings is 1. The molecule has 0 unspecified atom stereocenters. The third kappa shape index (κ3) is 1.56. The topological polar surface area (TPSA) is 67.9 Å². The van der Waals surface area contributed by atoms with Gasteiger partial charge in [0.2, 0.25) is 0 Å². The van der Waals surface area contributed by atoms with Crippen LogP contribution in [-0.4, -0.2) is 28.3 Å². The van der Waals surface area contributed by atoms with Gasteiger partial charge in [0.15, 0.2) is 11.3 Å². The molecule has 0 bridgehead atoms. The molecule has 2 rings (SSSR count). The number of allylic oxidation sites excluding steroid dienone is 1. The first-order chi connectivity index (χ1) is 7.63. The van der Waals surface area contributed by atoms with Crippen LogP contribution >= 0.6 is 0 Å². The average Bonchev–Trinajstić information content (AvgIpc) is 2.70. The molecule has 1 N–H and O–H groups in total. The summed E-state index contributed by atoms with van der Waals surface area (Å²) < 4.78 is 4.63. The van der Waals surface area contributed by atoms with E-state index in [2.05, 4.69) is 26.5 Å². The molecule has 0 aliphatic heterocycles. The Morgan fingerprint density at radius 2 is 2.31 bits per heavy atom. The first kappa shape index (κ1) is 10.4. The third-order valence-corrected chi connectivity index (χ3v) is 2.29. The van der Waals surface area contributed by atoms with Crippen molar-refractivity contribution in [1.29, 1.82) is 0 Å². The van der Waals surface area contributed by atoms with Crippen molar-refractivity contribution in [3.8, 4) is 0 Å². The lowest BCUT2D eigenvalue weighted by molar-refractivity contribution is 0.0596. The van der Waals surface area contributed by atoms with E-state index in [1.54, 1.807) is 6.20 Å². The van der Waals surface area contributed by atoms with Gasteiger partial charge in [-0.3, -0.25) is 5.10 Å². The number of aromatic amines is 1. The van der Waals surface area contributed by atoms with E-state index in [-0.39, 0.29) is 5.69 Å². The van der Waals surface area contributed by atoms with Crippen LogP contribution in [0.5, 0.6) is 0 Å². The third-order valence-electron chi connectivity index (χ3n) is 2.29. The van der Waals surface area contributed by atoms with Crippen LogP contribution in [0.1, 0.15) is 23.0 Å². The van der Waals surface area contributed by atoms with Gasteiger partial charge in [0, 0.05) is 6.20 Å². The van der Waals surface area contributed by atoms with Gasteiger partial charge < -0.3 is 4.74 Å². The van der Waals surface area contributed by atoms with Crippen LogP contribution < -0.4 is 0 Å². The Balaban J connectivity index is 2.64. The number of ether oxygens (including phenoxy) is 1. The summed E-state index contributed by atoms with van der Waals surface area (Å²) in [6.07, 6.45) is 1.68. The van der Waals surface area contributed by atoms with E-state index in [0.29, 0.717) is 11.0 Å². The van der Waals surface area contributed by atoms with Gasteiger partial charge in [-0.25, -0.2) is 9.78 Å². The second-order valence-electron chi connectivity index (χ2n) is 3.46. The lowest BCUT2D eigenvalue weighted by atomic mass is 10.1. The Kier molecular flexibility index (Phi) is 2.44. The summed E-state index contributed by atoms with van der Waals surface area (Å²) in [5.41, 5.74) is 2.56. The highest BCUT2D eigenvalue weighted by Gasteiger charge is 2.15. The number of carbonyl (C=O) groups is 1. The van der Waals surface area contributed by atoms with Crippen molar-refractivity contribution >= 4 is 22.6 Å². The van der Waals surface area contributed by atoms with Crippen LogP contribution in [0.2, 0.25) is 0 Å². The van der Waals surface area contributed by atoms with Crippen molar-refractivity contribution in [2.45, 2.75) is 6.92 Å². The number of hydrogen-bond donors (Lipinski definition) is 1. The van der Waals surface area contributed by atoms with Crippen LogP contribution in [0.3, 0.4) is 0 Å². The lowest BCUT2D eigenvalue weighted by Gasteiger charge is -1.99. The summed E-state index contributed by atoms with van der Waals surface area (Å²) in [5.74, 6) is -0.480. The number of aromatic nitrogens is 3. The second-order valence-corrected chi connectivity index (χ2v) is 3.46. The molecule has 5 heteroatoms. The number of nitrogens with zero attached hydrogens (tertiary/aromatic N) is 2. The van der Waals surface area contributed by atoms with Gasteiger partial charge in [0.25, 0.3) is 0 Å². The zero-order valence-corrected chi connectivity index (χ0v) is 9.07. The molecule has 0 aliphatic carbocycles. The average molecular weight is 217 g/mol. The minimum atomic E-state index is -0.480. The zero-order chi connectivity index (χ0) is 11.7. The normalized spacial score (nSPS) is 10.4. The second kappa shape index (κ2) is 3.77. The van der Waals surface area contributed by atoms with E-state index >= 15 is 0 Å². The van der Waals surface area contributed by atoms with Gasteiger partial charge in [0.1, 0.15) is 0 Å². The van der Waals surface area contributed by atoms with Gasteiger partial charge in [-0.2, -0.15) is 5.10 Å². The number of nitrogens with one attached hydrogen (secondary N) is 1. The Hall–Kier alpha value is -2.17. The molecule has 0 spiro atoms. The quantitative estimate of drug-likeness (QED) is 0.778. The van der Waals surface area contributed by atoms with E-state index in [9.17, 15) is 4.79 Å². The summed E-state index contributed by atoms with van der Waals surface area (Å²) in [6.45, 7) is 5.70. The maximum absolute atomic E-state index is 11.4. The van der Waals surface area contributed by atoms with Crippen molar-refractivity contribution in [3.63, 3.8) is 0 Å². The fourth-order valence-corrected chi connectivity index (χ4v) is 1.39. The summed E-state index contributed by atoms with van der Waals surface area (Å²) in [7, 11) is 1.32. The highest BCUT2D eigenvalue weighted by Crippen LogP contribution is 2.19. The smallest absolute Gasteiger partial charge is 0.359 e. The maximum atomic E-state index is 11.4. The van der Waals surface area contributed by atoms with E-state index in [1.807, 2.05) is 13.0 Å². The molecule has 0 aromatic carbocycles. The molecular formula is C11H11N3O2. The van der Waals surface area contributed by atoms with Crippen LogP contribution in [0, 0.1) is 0 Å². The Morgan fingerprint density at radius 3 is 2.94 bits per heavy atom. The summed E-state index contributed by atoms with van der Waals surface area (Å²) in [4.78, 5) is 15.6. The molecule has 0 saturated heterocycles. The van der Waals surface area contributed by atoms with Crippen molar-refractivity contribution in [2.24, 2.45) is 0 Å². The van der Waals surface area contributed by atoms with Gasteiger partial charge >= 0.3 is 5.97 Å². The number of esters is 1. The first-order valence-electron chi connectivity index (χ1n) is 4.72. The fraction of sp³-hybridized carbons (Fsp3) is 0.182. The van der Waals surface area contributed by atoms with E-state index in [4.69, 9.17) is 0 Å². The number of hydrogen-bond acceptors (Lipinski definition) is 4. The van der Waals surface area contributed by atoms with E-state index in [0.717, 1.165) is 11.1 Å². The predicted octanol–water partition coefficient (Wildman–Crippen LogP) is 1.78. The van der Waals surface area contributed by atoms with Crippen LogP contribution in [0.15, 0.2) is 18.8 Å². The van der Waals surface area contributed by atoms with Gasteiger partial charge in [0.05, 0.1) is 12.5 Å².